The fourth-order valence-electron chi connectivity index (χ4n) is 4.68. The largest absolute Gasteiger partial charge is 0.503 e. The number of amides is 1. The smallest absolute Gasteiger partial charge is 0.264 e. The number of hydrogen-bond donors (Lipinski definition) is 7. The van der Waals surface area contributed by atoms with Crippen LogP contribution in [0, 0.1) is 11.8 Å². The van der Waals surface area contributed by atoms with Crippen LogP contribution in [0.4, 0.5) is 5.82 Å². The van der Waals surface area contributed by atoms with E-state index < -0.39 is 45.9 Å². The van der Waals surface area contributed by atoms with Gasteiger partial charge in [0.25, 0.3) is 11.5 Å². The first kappa shape index (κ1) is 29.8. The number of carbonyl (C=O) groups excluding carboxylic acids is 1. The molecular weight excluding hydrogens is 584 g/mol. The van der Waals surface area contributed by atoms with Crippen molar-refractivity contribution in [3.8, 4) is 46.3 Å². The molecular formula is C30H26N8O7. The molecule has 0 saturated carbocycles. The van der Waals surface area contributed by atoms with Crippen LogP contribution in [0.15, 0.2) is 59.8 Å². The molecule has 0 bridgehead atoms. The van der Waals surface area contributed by atoms with Crippen molar-refractivity contribution < 1.29 is 30.3 Å². The van der Waals surface area contributed by atoms with E-state index in [1.54, 1.807) is 73.6 Å². The molecule has 6 rings (SSSR count). The number of carbonyl (C=O) groups is 1. The average Bonchev–Trinajstić information content (AvgIpc) is 3.60. The van der Waals surface area contributed by atoms with E-state index in [2.05, 4.69) is 27.0 Å². The molecule has 0 aliphatic carbocycles. The number of nitrogens with two attached hydrogens (primary N) is 2. The quantitative estimate of drug-likeness (QED) is 0.0863. The maximum Gasteiger partial charge on any atom is 0.264 e. The predicted molar refractivity (Wildman–Crippen MR) is 162 cm³/mol. The van der Waals surface area contributed by atoms with Crippen molar-refractivity contribution in [1.82, 2.24) is 28.9 Å². The molecule has 0 atom stereocenters. The van der Waals surface area contributed by atoms with Crippen molar-refractivity contribution in [1.29, 1.82) is 0 Å². The van der Waals surface area contributed by atoms with Gasteiger partial charge in [0.05, 0.1) is 11.6 Å². The third-order valence-corrected chi connectivity index (χ3v) is 6.87. The van der Waals surface area contributed by atoms with Crippen molar-refractivity contribution in [2.24, 2.45) is 12.8 Å². The summed E-state index contributed by atoms with van der Waals surface area (Å²) in [5, 5.41) is 59.2. The third-order valence-electron chi connectivity index (χ3n) is 6.87. The van der Waals surface area contributed by atoms with Gasteiger partial charge in [0.2, 0.25) is 17.2 Å². The highest BCUT2D eigenvalue weighted by atomic mass is 16.4. The predicted octanol–water partition coefficient (Wildman–Crippen LogP) is 1.62. The van der Waals surface area contributed by atoms with Gasteiger partial charge in [0.15, 0.2) is 23.0 Å². The first-order valence-corrected chi connectivity index (χ1v) is 13.2. The summed E-state index contributed by atoms with van der Waals surface area (Å²) < 4.78 is 3.99. The summed E-state index contributed by atoms with van der Waals surface area (Å²) in [5.41, 5.74) is 11.4. The molecule has 0 spiro atoms. The van der Waals surface area contributed by atoms with Gasteiger partial charge in [-0.3, -0.25) is 18.8 Å². The lowest BCUT2D eigenvalue weighted by Crippen LogP contribution is -2.23. The number of aromatic hydroxyl groups is 5. The van der Waals surface area contributed by atoms with E-state index in [1.165, 1.54) is 4.52 Å². The highest BCUT2D eigenvalue weighted by molar-refractivity contribution is 6.03. The Kier molecular flexibility index (Phi) is 7.63. The number of anilines is 1. The zero-order valence-electron chi connectivity index (χ0n) is 23.8. The van der Waals surface area contributed by atoms with Gasteiger partial charge < -0.3 is 37.0 Å². The van der Waals surface area contributed by atoms with Crippen LogP contribution in [0.5, 0.6) is 28.7 Å². The second kappa shape index (κ2) is 11.5. The molecule has 6 aromatic rings. The van der Waals surface area contributed by atoms with Gasteiger partial charge in [0, 0.05) is 30.7 Å². The molecule has 0 radical (unpaired) electrons. The van der Waals surface area contributed by atoms with Crippen molar-refractivity contribution >= 4 is 28.1 Å². The molecule has 1 amide bonds. The fraction of sp³-hybridized carbons (Fsp3) is 0.100. The topological polar surface area (TPSA) is 240 Å². The number of primary amides is 1. The Bertz CT molecular complexity index is 2230. The van der Waals surface area contributed by atoms with E-state index >= 15 is 0 Å². The Hall–Kier alpha value is -6.69. The van der Waals surface area contributed by atoms with E-state index in [4.69, 9.17) is 11.5 Å². The molecule has 45 heavy (non-hydrogen) atoms. The molecule has 15 nitrogen and oxygen atoms in total. The average molecular weight is 611 g/mol. The van der Waals surface area contributed by atoms with Gasteiger partial charge in [-0.2, -0.15) is 5.10 Å². The number of hydrogen-bond acceptors (Lipinski definition) is 11. The van der Waals surface area contributed by atoms with Gasteiger partial charge >= 0.3 is 0 Å². The van der Waals surface area contributed by atoms with Crippen molar-refractivity contribution in [2.45, 2.75) is 13.3 Å². The maximum absolute atomic E-state index is 13.6. The summed E-state index contributed by atoms with van der Waals surface area (Å²) in [6, 6.07) is 10.3. The van der Waals surface area contributed by atoms with Crippen LogP contribution >= 0.6 is 0 Å². The monoisotopic (exact) mass is 610 g/mol. The van der Waals surface area contributed by atoms with Crippen molar-refractivity contribution in [3.63, 3.8) is 0 Å². The van der Waals surface area contributed by atoms with Crippen molar-refractivity contribution in [2.75, 3.05) is 5.73 Å². The number of rotatable bonds is 3. The second-order valence-electron chi connectivity index (χ2n) is 9.59. The molecule has 9 N–H and O–H groups in total. The van der Waals surface area contributed by atoms with Crippen LogP contribution in [-0.4, -0.2) is 60.4 Å². The molecule has 0 saturated heterocycles. The van der Waals surface area contributed by atoms with Crippen LogP contribution < -0.4 is 17.0 Å². The normalized spacial score (nSPS) is 10.7. The van der Waals surface area contributed by atoms with E-state index in [1.807, 2.05) is 0 Å². The SMILES string of the molecule is CCc1cc2cccc(C#Cc3ccnn3C)c2c(=O)n1-c1c(O)c(O)c(O)c(O)c1O.NC(=O)c1c(N)nn2cccnc12. The lowest BCUT2D eigenvalue weighted by atomic mass is 10.0. The zero-order chi connectivity index (χ0) is 32.6. The number of nitrogen functional groups attached to an aromatic ring is 1. The van der Waals surface area contributed by atoms with E-state index in [-0.39, 0.29) is 16.8 Å². The van der Waals surface area contributed by atoms with Gasteiger partial charge in [0.1, 0.15) is 16.9 Å². The number of phenols is 5. The van der Waals surface area contributed by atoms with Crippen LogP contribution in [0.25, 0.3) is 22.1 Å². The molecule has 228 valence electrons. The Morgan fingerprint density at radius 2 is 1.64 bits per heavy atom. The minimum atomic E-state index is -1.10. The molecule has 0 unspecified atom stereocenters. The third kappa shape index (κ3) is 5.12. The molecule has 2 aromatic carbocycles. The molecule has 4 aromatic heterocycles. The zero-order valence-corrected chi connectivity index (χ0v) is 23.8. The number of fused-ring (bicyclic) bond motifs is 2. The summed E-state index contributed by atoms with van der Waals surface area (Å²) >= 11 is 0. The van der Waals surface area contributed by atoms with Gasteiger partial charge in [-0.25, -0.2) is 9.50 Å². The standard InChI is InChI=1S/C23H19N3O6.C7H7N5O/c1-3-14-11-13-6-4-5-12(7-8-15-9-10-24-25(15)2)16(13)23(32)26(14)17-18(27)20(29)22(31)21(30)19(17)28;8-5-4(6(9)13)7-10-2-1-3-12(7)11-5/h4-6,9-11,27-31H,3H2,1-2H3;1-3H,(H2,8,11)(H2,9,13). The minimum absolute atomic E-state index is 0.103. The Balaban J connectivity index is 0.000000256. The Morgan fingerprint density at radius 3 is 2.27 bits per heavy atom. The lowest BCUT2D eigenvalue weighted by molar-refractivity contribution is 0.100. The summed E-state index contributed by atoms with van der Waals surface area (Å²) in [4.78, 5) is 28.5. The van der Waals surface area contributed by atoms with Crippen LogP contribution in [0.2, 0.25) is 0 Å². The summed E-state index contributed by atoms with van der Waals surface area (Å²) in [7, 11) is 1.74. The highest BCUT2D eigenvalue weighted by Crippen LogP contribution is 2.52. The Morgan fingerprint density at radius 1 is 0.956 bits per heavy atom. The van der Waals surface area contributed by atoms with Gasteiger partial charge in [-0.15, -0.1) is 5.10 Å². The van der Waals surface area contributed by atoms with Crippen LogP contribution in [-0.2, 0) is 13.5 Å². The molecule has 0 aliphatic rings. The molecule has 0 fully saturated rings. The maximum atomic E-state index is 13.6. The lowest BCUT2D eigenvalue weighted by Gasteiger charge is -2.18. The fourth-order valence-corrected chi connectivity index (χ4v) is 4.68. The Labute approximate surface area is 253 Å². The number of benzene rings is 2. The number of aryl methyl sites for hydroxylation is 2. The molecule has 4 heterocycles. The first-order valence-electron chi connectivity index (χ1n) is 13.2. The molecule has 0 aliphatic heterocycles. The minimum Gasteiger partial charge on any atom is -0.503 e. The molecule has 15 heteroatoms. The number of phenolic OH excluding ortho intramolecular Hbond substituents is 5. The van der Waals surface area contributed by atoms with Crippen LogP contribution in [0.3, 0.4) is 0 Å². The van der Waals surface area contributed by atoms with Crippen LogP contribution in [0.1, 0.15) is 34.2 Å². The van der Waals surface area contributed by atoms with E-state index in [0.717, 1.165) is 4.57 Å². The van der Waals surface area contributed by atoms with E-state index in [9.17, 15) is 35.1 Å². The van der Waals surface area contributed by atoms with Gasteiger partial charge in [-0.05, 0) is 42.0 Å². The van der Waals surface area contributed by atoms with E-state index in [0.29, 0.717) is 34.4 Å². The number of nitrogens with zero attached hydrogens (tertiary/aromatic N) is 6. The summed E-state index contributed by atoms with van der Waals surface area (Å²) in [5.74, 6) is 0.276. The highest BCUT2D eigenvalue weighted by Gasteiger charge is 2.27. The number of pyridine rings is 1. The first-order chi connectivity index (χ1) is 21.5. The van der Waals surface area contributed by atoms with Gasteiger partial charge in [-0.1, -0.05) is 25.0 Å². The number of aromatic nitrogens is 6. The summed E-state index contributed by atoms with van der Waals surface area (Å²) in [6.07, 6.45) is 5.11. The summed E-state index contributed by atoms with van der Waals surface area (Å²) in [6.45, 7) is 1.76. The van der Waals surface area contributed by atoms with Crippen molar-refractivity contribution in [3.05, 3.63) is 87.9 Å². The second-order valence-corrected chi connectivity index (χ2v) is 9.59.